The maximum absolute atomic E-state index is 15.0. The van der Waals surface area contributed by atoms with E-state index in [4.69, 9.17) is 26.8 Å². The van der Waals surface area contributed by atoms with Gasteiger partial charge in [0.25, 0.3) is 0 Å². The van der Waals surface area contributed by atoms with Gasteiger partial charge in [-0.3, -0.25) is 4.90 Å². The SMILES string of the molecule is COC(=O)C1=C(C(=O)OC)N(c2cc(I)c(Cl)cc2F)C(N)=C(C#N)C1c1ccccc1. The minimum atomic E-state index is -1.03. The van der Waals surface area contributed by atoms with E-state index < -0.39 is 23.7 Å². The van der Waals surface area contributed by atoms with Crippen LogP contribution in [0.5, 0.6) is 0 Å². The lowest BCUT2D eigenvalue weighted by Crippen LogP contribution is -2.41. The van der Waals surface area contributed by atoms with E-state index in [1.54, 1.807) is 30.3 Å². The molecule has 32 heavy (non-hydrogen) atoms. The van der Waals surface area contributed by atoms with Crippen molar-refractivity contribution in [2.75, 3.05) is 19.1 Å². The first-order chi connectivity index (χ1) is 15.3. The van der Waals surface area contributed by atoms with Crippen molar-refractivity contribution in [2.24, 2.45) is 5.73 Å². The van der Waals surface area contributed by atoms with Crippen molar-refractivity contribution >= 4 is 51.8 Å². The number of allylic oxidation sites excluding steroid dienone is 1. The average Bonchev–Trinajstić information content (AvgIpc) is 2.80. The van der Waals surface area contributed by atoms with Gasteiger partial charge in [-0.2, -0.15) is 5.26 Å². The second-order valence-electron chi connectivity index (χ2n) is 6.55. The standard InChI is InChI=1S/C22H16ClFIN3O4/c1-31-21(29)18-17(11-6-4-3-5-7-11)12(10-26)20(27)28(19(18)22(30)32-2)16-9-15(25)13(23)8-14(16)24/h3-9,17H,27H2,1-2H3. The molecule has 1 unspecified atom stereocenters. The number of halogens is 3. The number of nitrogens with two attached hydrogens (primary N) is 1. The van der Waals surface area contributed by atoms with E-state index >= 15 is 4.39 Å². The molecule has 0 aliphatic carbocycles. The summed E-state index contributed by atoms with van der Waals surface area (Å²) in [6.45, 7) is 0. The molecule has 0 saturated heterocycles. The number of nitrogens with zero attached hydrogens (tertiary/aromatic N) is 2. The molecule has 2 aromatic carbocycles. The van der Waals surface area contributed by atoms with Gasteiger partial charge in [-0.15, -0.1) is 0 Å². The zero-order chi connectivity index (χ0) is 23.6. The van der Waals surface area contributed by atoms with E-state index in [1.807, 2.05) is 28.7 Å². The van der Waals surface area contributed by atoms with Crippen molar-refractivity contribution in [1.82, 2.24) is 0 Å². The third-order valence-corrected chi connectivity index (χ3v) is 6.37. The molecule has 1 atom stereocenters. The Morgan fingerprint density at radius 2 is 1.81 bits per heavy atom. The van der Waals surface area contributed by atoms with Crippen LogP contribution in [0.1, 0.15) is 11.5 Å². The normalized spacial score (nSPS) is 16.0. The van der Waals surface area contributed by atoms with E-state index in [-0.39, 0.29) is 33.4 Å². The Morgan fingerprint density at radius 3 is 2.38 bits per heavy atom. The Balaban J connectivity index is 2.46. The van der Waals surface area contributed by atoms with Gasteiger partial charge < -0.3 is 15.2 Å². The number of esters is 2. The monoisotopic (exact) mass is 567 g/mol. The number of carbonyl (C=O) groups excluding carboxylic acids is 2. The number of hydrogen-bond donors (Lipinski definition) is 1. The summed E-state index contributed by atoms with van der Waals surface area (Å²) >= 11 is 7.90. The molecule has 0 aromatic heterocycles. The lowest BCUT2D eigenvalue weighted by Gasteiger charge is -2.36. The number of hydrogen-bond acceptors (Lipinski definition) is 7. The molecule has 0 bridgehead atoms. The molecule has 2 N–H and O–H groups in total. The highest BCUT2D eigenvalue weighted by molar-refractivity contribution is 14.1. The van der Waals surface area contributed by atoms with Crippen LogP contribution in [-0.2, 0) is 19.1 Å². The quantitative estimate of drug-likeness (QED) is 0.338. The summed E-state index contributed by atoms with van der Waals surface area (Å²) in [5, 5.41) is 10.1. The molecule has 0 saturated carbocycles. The lowest BCUT2D eigenvalue weighted by atomic mass is 9.81. The number of anilines is 1. The highest BCUT2D eigenvalue weighted by Gasteiger charge is 2.43. The van der Waals surface area contributed by atoms with Crippen LogP contribution in [0.3, 0.4) is 0 Å². The van der Waals surface area contributed by atoms with Crippen molar-refractivity contribution < 1.29 is 23.5 Å². The number of methoxy groups -OCH3 is 2. The number of ether oxygens (including phenoxy) is 2. The summed E-state index contributed by atoms with van der Waals surface area (Å²) in [6, 6.07) is 12.9. The van der Waals surface area contributed by atoms with Gasteiger partial charge in [0.2, 0.25) is 0 Å². The molecule has 3 rings (SSSR count). The first-order valence-electron chi connectivity index (χ1n) is 9.06. The van der Waals surface area contributed by atoms with Gasteiger partial charge in [0.1, 0.15) is 17.3 Å². The second kappa shape index (κ2) is 9.58. The lowest BCUT2D eigenvalue weighted by molar-refractivity contribution is -0.139. The predicted octanol–water partition coefficient (Wildman–Crippen LogP) is 3.98. The molecule has 164 valence electrons. The topological polar surface area (TPSA) is 106 Å². The molecule has 0 spiro atoms. The summed E-state index contributed by atoms with van der Waals surface area (Å²) in [6.07, 6.45) is 0. The molecule has 0 radical (unpaired) electrons. The maximum Gasteiger partial charge on any atom is 0.355 e. The predicted molar refractivity (Wildman–Crippen MR) is 124 cm³/mol. The number of rotatable bonds is 4. The van der Waals surface area contributed by atoms with Crippen molar-refractivity contribution in [2.45, 2.75) is 5.92 Å². The van der Waals surface area contributed by atoms with Crippen molar-refractivity contribution in [3.63, 3.8) is 0 Å². The zero-order valence-electron chi connectivity index (χ0n) is 16.9. The van der Waals surface area contributed by atoms with Crippen molar-refractivity contribution in [3.8, 4) is 6.07 Å². The summed E-state index contributed by atoms with van der Waals surface area (Å²) in [7, 11) is 2.25. The molecule has 2 aromatic rings. The Hall–Kier alpha value is -3.10. The summed E-state index contributed by atoms with van der Waals surface area (Å²) in [5.74, 6) is -3.94. The molecule has 0 amide bonds. The number of benzene rings is 2. The smallest absolute Gasteiger partial charge is 0.355 e. The van der Waals surface area contributed by atoms with Crippen LogP contribution in [0.15, 0.2) is 65.1 Å². The Labute approximate surface area is 202 Å². The van der Waals surface area contributed by atoms with Crippen LogP contribution < -0.4 is 10.6 Å². The third-order valence-electron chi connectivity index (χ3n) is 4.84. The highest BCUT2D eigenvalue weighted by atomic mass is 127. The van der Waals surface area contributed by atoms with Crippen LogP contribution in [0.2, 0.25) is 5.02 Å². The molecule has 7 nitrogen and oxygen atoms in total. The Bertz CT molecular complexity index is 1210. The Morgan fingerprint density at radius 1 is 1.19 bits per heavy atom. The summed E-state index contributed by atoms with van der Waals surface area (Å²) in [4.78, 5) is 26.8. The summed E-state index contributed by atoms with van der Waals surface area (Å²) < 4.78 is 25.3. The molecule has 1 heterocycles. The van der Waals surface area contributed by atoms with Gasteiger partial charge in [-0.1, -0.05) is 41.9 Å². The van der Waals surface area contributed by atoms with E-state index in [0.717, 1.165) is 25.2 Å². The van der Waals surface area contributed by atoms with Crippen LogP contribution in [0.25, 0.3) is 0 Å². The number of carbonyl (C=O) groups is 2. The molecule has 1 aliphatic heterocycles. The van der Waals surface area contributed by atoms with Gasteiger partial charge in [0.05, 0.1) is 48.1 Å². The molecular weight excluding hydrogens is 552 g/mol. The fourth-order valence-corrected chi connectivity index (χ4v) is 4.05. The van der Waals surface area contributed by atoms with Gasteiger partial charge >= 0.3 is 11.9 Å². The highest BCUT2D eigenvalue weighted by Crippen LogP contribution is 2.44. The molecular formula is C22H16ClFIN3O4. The van der Waals surface area contributed by atoms with Gasteiger partial charge in [-0.05, 0) is 40.3 Å². The fraction of sp³-hybridized carbons (Fsp3) is 0.136. The third kappa shape index (κ3) is 4.03. The van der Waals surface area contributed by atoms with Crippen molar-refractivity contribution in [3.05, 3.63) is 85.1 Å². The summed E-state index contributed by atoms with van der Waals surface area (Å²) in [5.41, 5.74) is 6.03. The average molecular weight is 568 g/mol. The van der Waals surface area contributed by atoms with Gasteiger partial charge in [0.15, 0.2) is 0 Å². The number of nitriles is 1. The maximum atomic E-state index is 15.0. The van der Waals surface area contributed by atoms with E-state index in [1.165, 1.54) is 6.07 Å². The van der Waals surface area contributed by atoms with Crippen molar-refractivity contribution in [1.29, 1.82) is 5.26 Å². The van der Waals surface area contributed by atoms with Gasteiger partial charge in [-0.25, -0.2) is 14.0 Å². The molecule has 0 fully saturated rings. The first-order valence-corrected chi connectivity index (χ1v) is 10.5. The molecule has 10 heteroatoms. The zero-order valence-corrected chi connectivity index (χ0v) is 19.8. The van der Waals surface area contributed by atoms with Crippen LogP contribution in [0.4, 0.5) is 10.1 Å². The Kier molecular flexibility index (Phi) is 7.06. The van der Waals surface area contributed by atoms with Gasteiger partial charge in [0, 0.05) is 3.57 Å². The fourth-order valence-electron chi connectivity index (χ4n) is 3.45. The van der Waals surface area contributed by atoms with Crippen LogP contribution in [-0.4, -0.2) is 26.2 Å². The second-order valence-corrected chi connectivity index (χ2v) is 8.12. The molecule has 1 aliphatic rings. The van der Waals surface area contributed by atoms with E-state index in [0.29, 0.717) is 9.13 Å². The van der Waals surface area contributed by atoms with E-state index in [2.05, 4.69) is 0 Å². The largest absolute Gasteiger partial charge is 0.466 e. The minimum Gasteiger partial charge on any atom is -0.466 e. The van der Waals surface area contributed by atoms with E-state index in [9.17, 15) is 14.9 Å². The van der Waals surface area contributed by atoms with Crippen LogP contribution in [0, 0.1) is 20.7 Å². The first kappa shape index (κ1) is 23.6. The minimum absolute atomic E-state index is 0.0615. The van der Waals surface area contributed by atoms with Crippen LogP contribution >= 0.6 is 34.2 Å².